The number of nitrogens with zero attached hydrogens (tertiary/aromatic N) is 1. The van der Waals surface area contributed by atoms with Crippen molar-refractivity contribution >= 4 is 5.91 Å². The first-order valence-corrected chi connectivity index (χ1v) is 7.36. The lowest BCUT2D eigenvalue weighted by Crippen LogP contribution is -2.40. The first kappa shape index (κ1) is 15.6. The molecule has 1 heterocycles. The predicted octanol–water partition coefficient (Wildman–Crippen LogP) is 1.78. The summed E-state index contributed by atoms with van der Waals surface area (Å²) in [4.78, 5) is 14.6. The van der Waals surface area contributed by atoms with Crippen LogP contribution in [-0.4, -0.2) is 51.7 Å². The SMILES string of the molecule is CNCC1CCN(C(=O)c2cccc(OC)c2OC)CC1. The smallest absolute Gasteiger partial charge is 0.257 e. The van der Waals surface area contributed by atoms with Crippen LogP contribution in [0, 0.1) is 5.92 Å². The molecule has 1 fully saturated rings. The molecule has 0 radical (unpaired) electrons. The van der Waals surface area contributed by atoms with Gasteiger partial charge >= 0.3 is 0 Å². The summed E-state index contributed by atoms with van der Waals surface area (Å²) >= 11 is 0. The number of rotatable bonds is 5. The van der Waals surface area contributed by atoms with E-state index in [1.807, 2.05) is 18.0 Å². The van der Waals surface area contributed by atoms with Crippen LogP contribution in [0.2, 0.25) is 0 Å². The standard InChI is InChI=1S/C16H24N2O3/c1-17-11-12-7-9-18(10-8-12)16(19)13-5-4-6-14(20-2)15(13)21-3/h4-6,12,17H,7-11H2,1-3H3. The summed E-state index contributed by atoms with van der Waals surface area (Å²) in [6, 6.07) is 5.42. The van der Waals surface area contributed by atoms with Crippen molar-refractivity contribution < 1.29 is 14.3 Å². The van der Waals surface area contributed by atoms with Crippen LogP contribution < -0.4 is 14.8 Å². The van der Waals surface area contributed by atoms with Gasteiger partial charge in [0.05, 0.1) is 19.8 Å². The maximum absolute atomic E-state index is 12.7. The van der Waals surface area contributed by atoms with E-state index in [1.165, 1.54) is 0 Å². The molecule has 0 saturated carbocycles. The number of benzene rings is 1. The molecule has 0 aromatic heterocycles. The van der Waals surface area contributed by atoms with E-state index in [9.17, 15) is 4.79 Å². The number of para-hydroxylation sites is 1. The second-order valence-electron chi connectivity index (χ2n) is 5.33. The molecule has 1 saturated heterocycles. The molecule has 0 spiro atoms. The molecule has 0 atom stereocenters. The molecule has 1 aliphatic rings. The number of carbonyl (C=O) groups is 1. The van der Waals surface area contributed by atoms with Gasteiger partial charge in [0.2, 0.25) is 0 Å². The van der Waals surface area contributed by atoms with Gasteiger partial charge in [0, 0.05) is 13.1 Å². The number of hydrogen-bond acceptors (Lipinski definition) is 4. The van der Waals surface area contributed by atoms with Crippen LogP contribution in [0.25, 0.3) is 0 Å². The van der Waals surface area contributed by atoms with Gasteiger partial charge in [0.15, 0.2) is 11.5 Å². The Morgan fingerprint density at radius 1 is 1.29 bits per heavy atom. The highest BCUT2D eigenvalue weighted by Crippen LogP contribution is 2.32. The first-order valence-electron chi connectivity index (χ1n) is 7.36. The molecule has 1 aromatic carbocycles. The lowest BCUT2D eigenvalue weighted by Gasteiger charge is -2.32. The van der Waals surface area contributed by atoms with Crippen molar-refractivity contribution in [2.24, 2.45) is 5.92 Å². The summed E-state index contributed by atoms with van der Waals surface area (Å²) < 4.78 is 10.6. The Labute approximate surface area is 126 Å². The molecule has 2 rings (SSSR count). The van der Waals surface area contributed by atoms with Crippen molar-refractivity contribution in [1.29, 1.82) is 0 Å². The van der Waals surface area contributed by atoms with Crippen LogP contribution in [0.1, 0.15) is 23.2 Å². The van der Waals surface area contributed by atoms with Crippen molar-refractivity contribution in [2.45, 2.75) is 12.8 Å². The molecule has 1 aliphatic heterocycles. The molecule has 5 heteroatoms. The summed E-state index contributed by atoms with van der Waals surface area (Å²) in [6.45, 7) is 2.61. The second kappa shape index (κ2) is 7.31. The van der Waals surface area contributed by atoms with Crippen molar-refractivity contribution in [3.63, 3.8) is 0 Å². The summed E-state index contributed by atoms with van der Waals surface area (Å²) in [5.74, 6) is 1.79. The molecule has 1 N–H and O–H groups in total. The summed E-state index contributed by atoms with van der Waals surface area (Å²) in [6.07, 6.45) is 2.08. The van der Waals surface area contributed by atoms with Crippen molar-refractivity contribution in [3.8, 4) is 11.5 Å². The molecule has 0 aliphatic carbocycles. The average molecular weight is 292 g/mol. The number of amides is 1. The Morgan fingerprint density at radius 2 is 2.00 bits per heavy atom. The molecule has 116 valence electrons. The van der Waals surface area contributed by atoms with Gasteiger partial charge in [0.25, 0.3) is 5.91 Å². The van der Waals surface area contributed by atoms with Crippen LogP contribution in [-0.2, 0) is 0 Å². The Bertz CT molecular complexity index is 482. The molecular formula is C16H24N2O3. The zero-order valence-corrected chi connectivity index (χ0v) is 13.0. The molecule has 0 unspecified atom stereocenters. The number of piperidine rings is 1. The highest BCUT2D eigenvalue weighted by atomic mass is 16.5. The lowest BCUT2D eigenvalue weighted by atomic mass is 9.96. The largest absolute Gasteiger partial charge is 0.493 e. The lowest BCUT2D eigenvalue weighted by molar-refractivity contribution is 0.0687. The summed E-state index contributed by atoms with van der Waals surface area (Å²) in [7, 11) is 5.11. The van der Waals surface area contributed by atoms with Gasteiger partial charge in [-0.3, -0.25) is 4.79 Å². The van der Waals surface area contributed by atoms with E-state index >= 15 is 0 Å². The van der Waals surface area contributed by atoms with E-state index in [1.54, 1.807) is 26.4 Å². The van der Waals surface area contributed by atoms with Gasteiger partial charge in [0.1, 0.15) is 0 Å². The van der Waals surface area contributed by atoms with Crippen LogP contribution in [0.3, 0.4) is 0 Å². The minimum atomic E-state index is 0.0219. The first-order chi connectivity index (χ1) is 10.2. The Balaban J connectivity index is 2.11. The molecule has 1 amide bonds. The van der Waals surface area contributed by atoms with E-state index in [2.05, 4.69) is 5.32 Å². The Morgan fingerprint density at radius 3 is 2.57 bits per heavy atom. The van der Waals surface area contributed by atoms with Gasteiger partial charge in [-0.05, 0) is 44.5 Å². The number of methoxy groups -OCH3 is 2. The maximum atomic E-state index is 12.7. The van der Waals surface area contributed by atoms with Gasteiger partial charge in [-0.15, -0.1) is 0 Å². The number of ether oxygens (including phenoxy) is 2. The Kier molecular flexibility index (Phi) is 5.44. The molecule has 0 bridgehead atoms. The molecule has 5 nitrogen and oxygen atoms in total. The van der Waals surface area contributed by atoms with Crippen LogP contribution >= 0.6 is 0 Å². The zero-order valence-electron chi connectivity index (χ0n) is 13.0. The number of carbonyl (C=O) groups excluding carboxylic acids is 1. The number of likely N-dealkylation sites (tertiary alicyclic amines) is 1. The Hall–Kier alpha value is -1.75. The fraction of sp³-hybridized carbons (Fsp3) is 0.562. The molecular weight excluding hydrogens is 268 g/mol. The number of nitrogens with one attached hydrogen (secondary N) is 1. The predicted molar refractivity (Wildman–Crippen MR) is 82.1 cm³/mol. The van der Waals surface area contributed by atoms with Crippen molar-refractivity contribution in [3.05, 3.63) is 23.8 Å². The summed E-state index contributed by atoms with van der Waals surface area (Å²) in [5.41, 5.74) is 0.573. The third kappa shape index (κ3) is 3.47. The number of hydrogen-bond donors (Lipinski definition) is 1. The quantitative estimate of drug-likeness (QED) is 0.899. The topological polar surface area (TPSA) is 50.8 Å². The third-order valence-electron chi connectivity index (χ3n) is 4.03. The maximum Gasteiger partial charge on any atom is 0.257 e. The van der Waals surface area contributed by atoms with Gasteiger partial charge in [-0.1, -0.05) is 6.07 Å². The molecule has 1 aromatic rings. The second-order valence-corrected chi connectivity index (χ2v) is 5.33. The minimum Gasteiger partial charge on any atom is -0.493 e. The molecule has 21 heavy (non-hydrogen) atoms. The van der Waals surface area contributed by atoms with Gasteiger partial charge in [-0.25, -0.2) is 0 Å². The van der Waals surface area contributed by atoms with Crippen LogP contribution in [0.5, 0.6) is 11.5 Å². The van der Waals surface area contributed by atoms with E-state index in [-0.39, 0.29) is 5.91 Å². The van der Waals surface area contributed by atoms with Gasteiger partial charge in [-0.2, -0.15) is 0 Å². The fourth-order valence-corrected chi connectivity index (χ4v) is 2.85. The monoisotopic (exact) mass is 292 g/mol. The van der Waals surface area contributed by atoms with Crippen molar-refractivity contribution in [1.82, 2.24) is 10.2 Å². The van der Waals surface area contributed by atoms with Crippen LogP contribution in [0.15, 0.2) is 18.2 Å². The average Bonchev–Trinajstić information content (AvgIpc) is 2.54. The zero-order chi connectivity index (χ0) is 15.2. The van der Waals surface area contributed by atoms with E-state index in [0.29, 0.717) is 23.0 Å². The minimum absolute atomic E-state index is 0.0219. The normalized spacial score (nSPS) is 15.9. The van der Waals surface area contributed by atoms with E-state index in [4.69, 9.17) is 9.47 Å². The highest BCUT2D eigenvalue weighted by Gasteiger charge is 2.26. The third-order valence-corrected chi connectivity index (χ3v) is 4.03. The highest BCUT2D eigenvalue weighted by molar-refractivity contribution is 5.97. The van der Waals surface area contributed by atoms with E-state index < -0.39 is 0 Å². The van der Waals surface area contributed by atoms with Gasteiger partial charge < -0.3 is 19.7 Å². The van der Waals surface area contributed by atoms with E-state index in [0.717, 1.165) is 32.5 Å². The fourth-order valence-electron chi connectivity index (χ4n) is 2.85. The summed E-state index contributed by atoms with van der Waals surface area (Å²) in [5, 5.41) is 3.21. The van der Waals surface area contributed by atoms with Crippen LogP contribution in [0.4, 0.5) is 0 Å². The van der Waals surface area contributed by atoms with Crippen molar-refractivity contribution in [2.75, 3.05) is 40.9 Å².